The first-order valence-corrected chi connectivity index (χ1v) is 9.34. The summed E-state index contributed by atoms with van der Waals surface area (Å²) in [6.45, 7) is 4.04. The molecule has 1 aromatic carbocycles. The largest absolute Gasteiger partial charge is 0.303 e. The monoisotopic (exact) mass is 351 g/mol. The first-order chi connectivity index (χ1) is 12.3. The van der Waals surface area contributed by atoms with Gasteiger partial charge in [-0.15, -0.1) is 11.3 Å². The van der Waals surface area contributed by atoms with E-state index < -0.39 is 0 Å². The fourth-order valence-corrected chi connectivity index (χ4v) is 3.53. The predicted molar refractivity (Wildman–Crippen MR) is 104 cm³/mol. The first kappa shape index (κ1) is 16.1. The number of piperazine rings is 1. The highest BCUT2D eigenvalue weighted by atomic mass is 32.1. The number of hydrazone groups is 1. The zero-order valence-electron chi connectivity index (χ0n) is 14.2. The zero-order chi connectivity index (χ0) is 17.1. The van der Waals surface area contributed by atoms with Gasteiger partial charge in [-0.2, -0.15) is 10.2 Å². The summed E-state index contributed by atoms with van der Waals surface area (Å²) < 4.78 is 1.94. The van der Waals surface area contributed by atoms with E-state index in [9.17, 15) is 0 Å². The number of hydrogen-bond acceptors (Lipinski definition) is 5. The third-order valence-corrected chi connectivity index (χ3v) is 5.22. The van der Waals surface area contributed by atoms with Crippen LogP contribution in [-0.2, 0) is 0 Å². The number of hydrogen-bond donors (Lipinski definition) is 0. The molecule has 3 aromatic rings. The van der Waals surface area contributed by atoms with Gasteiger partial charge in [-0.3, -0.25) is 5.01 Å². The van der Waals surface area contributed by atoms with Crippen molar-refractivity contribution in [3.8, 4) is 16.3 Å². The summed E-state index contributed by atoms with van der Waals surface area (Å²) in [5.74, 6) is 0. The Morgan fingerprint density at radius 1 is 1.04 bits per heavy atom. The van der Waals surface area contributed by atoms with E-state index in [-0.39, 0.29) is 0 Å². The van der Waals surface area contributed by atoms with Crippen LogP contribution in [0.2, 0.25) is 0 Å². The maximum atomic E-state index is 4.81. The molecule has 0 amide bonds. The number of aromatic nitrogens is 2. The van der Waals surface area contributed by atoms with Crippen LogP contribution in [0, 0.1) is 0 Å². The summed E-state index contributed by atoms with van der Waals surface area (Å²) in [7, 11) is 2.15. The minimum absolute atomic E-state index is 0.965. The number of thiophene rings is 1. The summed E-state index contributed by atoms with van der Waals surface area (Å²) in [5, 5.41) is 14.8. The van der Waals surface area contributed by atoms with Crippen molar-refractivity contribution in [2.24, 2.45) is 5.10 Å². The molecule has 128 valence electrons. The van der Waals surface area contributed by atoms with Gasteiger partial charge in [0.15, 0.2) is 0 Å². The molecule has 0 radical (unpaired) electrons. The van der Waals surface area contributed by atoms with Crippen LogP contribution in [0.15, 0.2) is 59.1 Å². The Kier molecular flexibility index (Phi) is 4.63. The highest BCUT2D eigenvalue weighted by molar-refractivity contribution is 7.12. The van der Waals surface area contributed by atoms with Gasteiger partial charge in [-0.05, 0) is 24.6 Å². The molecule has 2 aromatic heterocycles. The van der Waals surface area contributed by atoms with Gasteiger partial charge in [0.1, 0.15) is 10.7 Å². The molecule has 25 heavy (non-hydrogen) atoms. The number of benzene rings is 1. The molecule has 3 heterocycles. The lowest BCUT2D eigenvalue weighted by Gasteiger charge is -2.30. The Labute approximate surface area is 151 Å². The molecular formula is C19H21N5S. The van der Waals surface area contributed by atoms with Crippen molar-refractivity contribution in [1.82, 2.24) is 19.7 Å². The standard InChI is InChI=1S/C19H21N5S/c1-22-9-11-23(12-10-22)20-14-17-15-24(18-8-5-13-25-18)21-19(17)16-6-3-2-4-7-16/h2-8,13-15H,9-12H2,1H3/b20-14+. The molecule has 1 aliphatic rings. The fourth-order valence-electron chi connectivity index (χ4n) is 2.87. The van der Waals surface area contributed by atoms with Gasteiger partial charge in [-0.25, -0.2) is 4.68 Å². The van der Waals surface area contributed by atoms with E-state index in [0.717, 1.165) is 48.0 Å². The summed E-state index contributed by atoms with van der Waals surface area (Å²) in [4.78, 5) is 2.33. The van der Waals surface area contributed by atoms with Crippen molar-refractivity contribution in [1.29, 1.82) is 0 Å². The number of likely N-dealkylation sites (N-methyl/N-ethyl adjacent to an activating group) is 1. The molecular weight excluding hydrogens is 330 g/mol. The quantitative estimate of drug-likeness (QED) is 0.678. The number of rotatable bonds is 4. The van der Waals surface area contributed by atoms with Crippen molar-refractivity contribution < 1.29 is 0 Å². The fraction of sp³-hybridized carbons (Fsp3) is 0.263. The molecule has 5 nitrogen and oxygen atoms in total. The second kappa shape index (κ2) is 7.21. The van der Waals surface area contributed by atoms with E-state index in [1.807, 2.05) is 35.2 Å². The Morgan fingerprint density at radius 3 is 2.56 bits per heavy atom. The molecule has 1 fully saturated rings. The van der Waals surface area contributed by atoms with Gasteiger partial charge in [0.25, 0.3) is 0 Å². The van der Waals surface area contributed by atoms with Crippen molar-refractivity contribution in [2.45, 2.75) is 0 Å². The molecule has 1 saturated heterocycles. The van der Waals surface area contributed by atoms with E-state index in [0.29, 0.717) is 0 Å². The summed E-state index contributed by atoms with van der Waals surface area (Å²) in [5.41, 5.74) is 3.11. The second-order valence-electron chi connectivity index (χ2n) is 6.20. The first-order valence-electron chi connectivity index (χ1n) is 8.46. The van der Waals surface area contributed by atoms with Crippen LogP contribution in [0.5, 0.6) is 0 Å². The van der Waals surface area contributed by atoms with Crippen molar-refractivity contribution >= 4 is 17.6 Å². The van der Waals surface area contributed by atoms with E-state index in [1.54, 1.807) is 11.3 Å². The Morgan fingerprint density at radius 2 is 1.84 bits per heavy atom. The van der Waals surface area contributed by atoms with Gasteiger partial charge < -0.3 is 4.90 Å². The molecule has 0 saturated carbocycles. The average Bonchev–Trinajstić information content (AvgIpc) is 3.32. The van der Waals surface area contributed by atoms with Crippen molar-refractivity contribution in [2.75, 3.05) is 33.2 Å². The molecule has 6 heteroatoms. The molecule has 0 atom stereocenters. The van der Waals surface area contributed by atoms with Gasteiger partial charge in [-0.1, -0.05) is 30.3 Å². The maximum absolute atomic E-state index is 4.81. The molecule has 0 spiro atoms. The van der Waals surface area contributed by atoms with Gasteiger partial charge in [0.05, 0.1) is 6.21 Å². The SMILES string of the molecule is CN1CCN(/N=C/c2cn(-c3cccs3)nc2-c2ccccc2)CC1. The molecule has 0 N–H and O–H groups in total. The van der Waals surface area contributed by atoms with Crippen molar-refractivity contribution in [3.63, 3.8) is 0 Å². The third kappa shape index (κ3) is 3.65. The summed E-state index contributed by atoms with van der Waals surface area (Å²) >= 11 is 1.68. The highest BCUT2D eigenvalue weighted by Gasteiger charge is 2.14. The Hall–Kier alpha value is -2.44. The lowest BCUT2D eigenvalue weighted by Crippen LogP contribution is -2.41. The van der Waals surface area contributed by atoms with Crippen LogP contribution < -0.4 is 0 Å². The third-order valence-electron chi connectivity index (χ3n) is 4.36. The predicted octanol–water partition coefficient (Wildman–Crippen LogP) is 3.18. The molecule has 0 bridgehead atoms. The molecule has 4 rings (SSSR count). The van der Waals surface area contributed by atoms with E-state index >= 15 is 0 Å². The van der Waals surface area contributed by atoms with Crippen LogP contribution in [0.25, 0.3) is 16.3 Å². The second-order valence-corrected chi connectivity index (χ2v) is 7.12. The van der Waals surface area contributed by atoms with Crippen molar-refractivity contribution in [3.05, 3.63) is 59.6 Å². The van der Waals surface area contributed by atoms with Crippen LogP contribution in [0.4, 0.5) is 0 Å². The highest BCUT2D eigenvalue weighted by Crippen LogP contribution is 2.24. The summed E-state index contributed by atoms with van der Waals surface area (Å²) in [6.07, 6.45) is 4.01. The lowest BCUT2D eigenvalue weighted by atomic mass is 10.1. The van der Waals surface area contributed by atoms with E-state index in [1.165, 1.54) is 0 Å². The van der Waals surface area contributed by atoms with Crippen LogP contribution >= 0.6 is 11.3 Å². The molecule has 1 aliphatic heterocycles. The topological polar surface area (TPSA) is 36.7 Å². The molecule has 0 unspecified atom stereocenters. The lowest BCUT2D eigenvalue weighted by molar-refractivity contribution is 0.159. The van der Waals surface area contributed by atoms with E-state index in [4.69, 9.17) is 10.2 Å². The minimum Gasteiger partial charge on any atom is -0.303 e. The van der Waals surface area contributed by atoms with Gasteiger partial charge in [0.2, 0.25) is 0 Å². The van der Waals surface area contributed by atoms with Crippen LogP contribution in [-0.4, -0.2) is 59.1 Å². The molecule has 0 aliphatic carbocycles. The Bertz CT molecular complexity index is 830. The van der Waals surface area contributed by atoms with E-state index in [2.05, 4.69) is 46.7 Å². The normalized spacial score (nSPS) is 16.0. The minimum atomic E-state index is 0.965. The van der Waals surface area contributed by atoms with Gasteiger partial charge >= 0.3 is 0 Å². The zero-order valence-corrected chi connectivity index (χ0v) is 15.1. The number of nitrogens with zero attached hydrogens (tertiary/aromatic N) is 5. The van der Waals surface area contributed by atoms with Gasteiger partial charge in [0, 0.05) is 43.5 Å². The smallest absolute Gasteiger partial charge is 0.117 e. The maximum Gasteiger partial charge on any atom is 0.117 e. The van der Waals surface area contributed by atoms with Crippen LogP contribution in [0.3, 0.4) is 0 Å². The average molecular weight is 351 g/mol. The Balaban J connectivity index is 1.65. The van der Waals surface area contributed by atoms with Crippen LogP contribution in [0.1, 0.15) is 5.56 Å². The summed E-state index contributed by atoms with van der Waals surface area (Å²) in [6, 6.07) is 14.4.